The van der Waals surface area contributed by atoms with Crippen molar-refractivity contribution in [3.05, 3.63) is 77.5 Å². The fourth-order valence-corrected chi connectivity index (χ4v) is 5.28. The van der Waals surface area contributed by atoms with Crippen molar-refractivity contribution in [2.75, 3.05) is 34.8 Å². The molecule has 4 aromatic rings. The molecule has 2 fully saturated rings. The maximum Gasteiger partial charge on any atom is 0.257 e. The Balaban J connectivity index is 1.23. The molecule has 2 saturated heterocycles. The molecule has 0 radical (unpaired) electrons. The summed E-state index contributed by atoms with van der Waals surface area (Å²) in [5.74, 6) is -0.703. The largest absolute Gasteiger partial charge is 0.391 e. The van der Waals surface area contributed by atoms with Gasteiger partial charge in [-0.3, -0.25) is 9.89 Å². The molecule has 1 amide bonds. The van der Waals surface area contributed by atoms with Crippen molar-refractivity contribution in [1.82, 2.24) is 15.2 Å². The number of halogens is 2. The summed E-state index contributed by atoms with van der Waals surface area (Å²) in [6.07, 6.45) is 3.38. The number of aromatic nitrogens is 3. The monoisotopic (exact) mass is 504 g/mol. The molecule has 2 aliphatic heterocycles. The zero-order valence-corrected chi connectivity index (χ0v) is 20.0. The van der Waals surface area contributed by atoms with Crippen LogP contribution in [-0.2, 0) is 0 Å². The number of rotatable bonds is 5. The SMILES string of the molecule is O=C(Nc1ccc(N2CCC(O)C2)cc1)c1cnc2[nH]nc(N3CCC[C@@H]3c3cc(F)ccc3F)c2c1. The molecule has 2 aliphatic rings. The minimum atomic E-state index is -0.484. The van der Waals surface area contributed by atoms with Crippen LogP contribution in [0.15, 0.2) is 54.7 Å². The van der Waals surface area contributed by atoms with Gasteiger partial charge in [-0.1, -0.05) is 0 Å². The van der Waals surface area contributed by atoms with E-state index in [0.717, 1.165) is 37.2 Å². The van der Waals surface area contributed by atoms with Crippen LogP contribution in [0.1, 0.15) is 41.2 Å². The van der Waals surface area contributed by atoms with Crippen LogP contribution >= 0.6 is 0 Å². The average Bonchev–Trinajstić information content (AvgIpc) is 3.65. The van der Waals surface area contributed by atoms with Crippen molar-refractivity contribution in [2.24, 2.45) is 0 Å². The number of aliphatic hydroxyl groups excluding tert-OH is 1. The molecule has 0 bridgehead atoms. The lowest BCUT2D eigenvalue weighted by Gasteiger charge is -2.25. The van der Waals surface area contributed by atoms with Crippen molar-refractivity contribution in [3.63, 3.8) is 0 Å². The Morgan fingerprint density at radius 1 is 1.08 bits per heavy atom. The van der Waals surface area contributed by atoms with Crippen LogP contribution < -0.4 is 15.1 Å². The molecule has 3 N–H and O–H groups in total. The van der Waals surface area contributed by atoms with Crippen LogP contribution in [0.5, 0.6) is 0 Å². The molecule has 190 valence electrons. The Bertz CT molecular complexity index is 1460. The second kappa shape index (κ2) is 9.44. The molecule has 37 heavy (non-hydrogen) atoms. The molecule has 0 spiro atoms. The number of benzene rings is 2. The number of fused-ring (bicyclic) bond motifs is 1. The number of aliphatic hydroxyl groups is 1. The summed E-state index contributed by atoms with van der Waals surface area (Å²) in [4.78, 5) is 21.4. The molecule has 0 saturated carbocycles. The first-order valence-corrected chi connectivity index (χ1v) is 12.4. The van der Waals surface area contributed by atoms with E-state index in [1.54, 1.807) is 6.07 Å². The van der Waals surface area contributed by atoms with E-state index >= 15 is 0 Å². The van der Waals surface area contributed by atoms with Gasteiger partial charge in [0.15, 0.2) is 11.5 Å². The molecule has 0 aliphatic carbocycles. The molecule has 4 heterocycles. The van der Waals surface area contributed by atoms with E-state index in [1.807, 2.05) is 29.2 Å². The fraction of sp³-hybridized carbons (Fsp3) is 0.296. The van der Waals surface area contributed by atoms with Gasteiger partial charge in [-0.15, -0.1) is 0 Å². The van der Waals surface area contributed by atoms with Crippen LogP contribution in [0.25, 0.3) is 11.0 Å². The van der Waals surface area contributed by atoms with Crippen molar-refractivity contribution >= 4 is 34.1 Å². The molecule has 6 rings (SSSR count). The Labute approximate surface area is 211 Å². The summed E-state index contributed by atoms with van der Waals surface area (Å²) in [6, 6.07) is 12.3. The average molecular weight is 505 g/mol. The lowest BCUT2D eigenvalue weighted by Crippen LogP contribution is -2.24. The van der Waals surface area contributed by atoms with Crippen LogP contribution in [0.2, 0.25) is 0 Å². The first-order chi connectivity index (χ1) is 18.0. The first kappa shape index (κ1) is 23.4. The standard InChI is InChI=1S/C27H26F2N6O2/c28-17-3-8-23(29)21(13-17)24-2-1-10-35(24)26-22-12-16(14-30-25(22)32-33-26)27(37)31-18-4-6-19(7-5-18)34-11-9-20(36)15-34/h3-8,12-14,20,24,36H,1-2,9-11,15H2,(H,31,37)(H,30,32,33)/t20?,24-/m1/s1. The van der Waals surface area contributed by atoms with Crippen molar-refractivity contribution < 1.29 is 18.7 Å². The van der Waals surface area contributed by atoms with Crippen LogP contribution in [0, 0.1) is 11.6 Å². The van der Waals surface area contributed by atoms with E-state index in [0.29, 0.717) is 53.2 Å². The second-order valence-electron chi connectivity index (χ2n) is 9.57. The number of H-pyrrole nitrogens is 1. The molecular formula is C27H26F2N6O2. The number of nitrogens with zero attached hydrogens (tertiary/aromatic N) is 4. The Morgan fingerprint density at radius 2 is 1.92 bits per heavy atom. The number of hydrogen-bond acceptors (Lipinski definition) is 6. The highest BCUT2D eigenvalue weighted by molar-refractivity contribution is 6.06. The van der Waals surface area contributed by atoms with Gasteiger partial charge < -0.3 is 20.2 Å². The zero-order valence-electron chi connectivity index (χ0n) is 20.0. The number of aromatic amines is 1. The number of amides is 1. The molecule has 2 aromatic heterocycles. The molecule has 8 nitrogen and oxygen atoms in total. The molecule has 2 aromatic carbocycles. The summed E-state index contributed by atoms with van der Waals surface area (Å²) >= 11 is 0. The van der Waals surface area contributed by atoms with Gasteiger partial charge in [0.05, 0.1) is 23.1 Å². The number of nitrogens with one attached hydrogen (secondary N) is 2. The summed E-state index contributed by atoms with van der Waals surface area (Å²) < 4.78 is 28.4. The van der Waals surface area contributed by atoms with Gasteiger partial charge in [-0.05, 0) is 67.8 Å². The molecular weight excluding hydrogens is 478 g/mol. The third kappa shape index (κ3) is 4.48. The highest BCUT2D eigenvalue weighted by atomic mass is 19.1. The minimum absolute atomic E-state index is 0.294. The lowest BCUT2D eigenvalue weighted by atomic mass is 10.0. The summed E-state index contributed by atoms with van der Waals surface area (Å²) in [5.41, 5.74) is 2.80. The third-order valence-corrected chi connectivity index (χ3v) is 7.15. The van der Waals surface area contributed by atoms with Crippen LogP contribution in [-0.4, -0.2) is 51.9 Å². The number of β-amino-alcohol motifs (C(OH)–C–C–N with tert-alkyl or cyclic N) is 1. The first-order valence-electron chi connectivity index (χ1n) is 12.4. The fourth-order valence-electron chi connectivity index (χ4n) is 5.28. The summed E-state index contributed by atoms with van der Waals surface area (Å²) in [5, 5.41) is 20.6. The Hall–Kier alpha value is -4.05. The predicted octanol–water partition coefficient (Wildman–Crippen LogP) is 4.40. The highest BCUT2D eigenvalue weighted by Crippen LogP contribution is 2.39. The van der Waals surface area contributed by atoms with Gasteiger partial charge in [-0.2, -0.15) is 5.10 Å². The minimum Gasteiger partial charge on any atom is -0.391 e. The number of pyridine rings is 1. The zero-order chi connectivity index (χ0) is 25.5. The van der Waals surface area contributed by atoms with E-state index in [4.69, 9.17) is 0 Å². The summed E-state index contributed by atoms with van der Waals surface area (Å²) in [6.45, 7) is 2.03. The Kier molecular flexibility index (Phi) is 5.96. The van der Waals surface area contributed by atoms with Gasteiger partial charge in [0.25, 0.3) is 5.91 Å². The summed E-state index contributed by atoms with van der Waals surface area (Å²) in [7, 11) is 0. The van der Waals surface area contributed by atoms with E-state index in [1.165, 1.54) is 12.3 Å². The second-order valence-corrected chi connectivity index (χ2v) is 9.57. The van der Waals surface area contributed by atoms with E-state index in [2.05, 4.69) is 25.4 Å². The quantitative estimate of drug-likeness (QED) is 0.373. The highest BCUT2D eigenvalue weighted by Gasteiger charge is 2.31. The third-order valence-electron chi connectivity index (χ3n) is 7.15. The van der Waals surface area contributed by atoms with Gasteiger partial charge in [-0.25, -0.2) is 13.8 Å². The van der Waals surface area contributed by atoms with Gasteiger partial charge in [0.1, 0.15) is 11.6 Å². The maximum atomic E-state index is 14.6. The van der Waals surface area contributed by atoms with Crippen molar-refractivity contribution in [2.45, 2.75) is 31.4 Å². The number of carbonyl (C=O) groups is 1. The molecule has 10 heteroatoms. The van der Waals surface area contributed by atoms with Gasteiger partial charge >= 0.3 is 0 Å². The number of anilines is 3. The predicted molar refractivity (Wildman–Crippen MR) is 137 cm³/mol. The molecule has 1 unspecified atom stereocenters. The normalized spacial score (nSPS) is 19.6. The maximum absolute atomic E-state index is 14.6. The van der Waals surface area contributed by atoms with Crippen molar-refractivity contribution in [1.29, 1.82) is 0 Å². The number of carbonyl (C=O) groups excluding carboxylic acids is 1. The van der Waals surface area contributed by atoms with Crippen molar-refractivity contribution in [3.8, 4) is 0 Å². The van der Waals surface area contributed by atoms with E-state index in [-0.39, 0.29) is 18.1 Å². The number of hydrogen-bond donors (Lipinski definition) is 3. The van der Waals surface area contributed by atoms with Crippen LogP contribution in [0.4, 0.5) is 26.0 Å². The smallest absolute Gasteiger partial charge is 0.257 e. The van der Waals surface area contributed by atoms with Crippen LogP contribution in [0.3, 0.4) is 0 Å². The lowest BCUT2D eigenvalue weighted by molar-refractivity contribution is 0.102. The van der Waals surface area contributed by atoms with E-state index < -0.39 is 11.6 Å². The molecule has 2 atom stereocenters. The van der Waals surface area contributed by atoms with Gasteiger partial charge in [0.2, 0.25) is 0 Å². The van der Waals surface area contributed by atoms with E-state index in [9.17, 15) is 18.7 Å². The Morgan fingerprint density at radius 3 is 2.70 bits per heavy atom. The topological polar surface area (TPSA) is 97.4 Å². The van der Waals surface area contributed by atoms with Gasteiger partial charge in [0, 0.05) is 42.8 Å².